The van der Waals surface area contributed by atoms with Crippen LogP contribution in [0.5, 0.6) is 0 Å². The molecule has 4 N–H and O–H groups in total. The standard InChI is InChI=1S/C12H14N4O/c13-11-4-2-1-3-9(11)5-6-16-8-10(7-15-16)12(14)17/h1-4,7-8H,5-6,13H2,(H2,14,17). The van der Waals surface area contributed by atoms with Crippen LogP contribution in [-0.4, -0.2) is 15.7 Å². The van der Waals surface area contributed by atoms with Crippen LogP contribution in [0, 0.1) is 0 Å². The number of nitrogens with two attached hydrogens (primary N) is 2. The highest BCUT2D eigenvalue weighted by Crippen LogP contribution is 2.11. The zero-order valence-electron chi connectivity index (χ0n) is 9.34. The highest BCUT2D eigenvalue weighted by molar-refractivity contribution is 5.92. The number of aryl methyl sites for hydroxylation is 2. The quantitative estimate of drug-likeness (QED) is 0.762. The van der Waals surface area contributed by atoms with Crippen LogP contribution in [0.2, 0.25) is 0 Å². The molecule has 0 aliphatic rings. The third-order valence-electron chi connectivity index (χ3n) is 2.58. The number of nitrogens with zero attached hydrogens (tertiary/aromatic N) is 2. The minimum Gasteiger partial charge on any atom is -0.399 e. The van der Waals surface area contributed by atoms with Gasteiger partial charge in [-0.25, -0.2) is 0 Å². The van der Waals surface area contributed by atoms with Gasteiger partial charge in [0.25, 0.3) is 5.91 Å². The monoisotopic (exact) mass is 230 g/mol. The fraction of sp³-hybridized carbons (Fsp3) is 0.167. The van der Waals surface area contributed by atoms with Gasteiger partial charge in [0.1, 0.15) is 0 Å². The zero-order chi connectivity index (χ0) is 12.3. The first-order valence-corrected chi connectivity index (χ1v) is 5.32. The highest BCUT2D eigenvalue weighted by Gasteiger charge is 2.04. The van der Waals surface area contributed by atoms with Crippen molar-refractivity contribution in [3.8, 4) is 0 Å². The maximum Gasteiger partial charge on any atom is 0.251 e. The molecule has 1 aromatic carbocycles. The molecule has 0 bridgehead atoms. The molecule has 0 aliphatic heterocycles. The average Bonchev–Trinajstić information content (AvgIpc) is 2.77. The Labute approximate surface area is 99.0 Å². The van der Waals surface area contributed by atoms with Crippen molar-refractivity contribution in [2.75, 3.05) is 5.73 Å². The van der Waals surface area contributed by atoms with Crippen LogP contribution in [0.4, 0.5) is 5.69 Å². The third kappa shape index (κ3) is 2.63. The molecule has 1 amide bonds. The number of amides is 1. The van der Waals surface area contributed by atoms with Crippen molar-refractivity contribution in [3.63, 3.8) is 0 Å². The molecule has 0 saturated heterocycles. The van der Waals surface area contributed by atoms with Crippen LogP contribution in [0.3, 0.4) is 0 Å². The normalized spacial score (nSPS) is 10.4. The van der Waals surface area contributed by atoms with E-state index in [9.17, 15) is 4.79 Å². The minimum atomic E-state index is -0.463. The van der Waals surface area contributed by atoms with Crippen LogP contribution in [0.25, 0.3) is 0 Å². The molecule has 2 rings (SSSR count). The number of aromatic nitrogens is 2. The second kappa shape index (κ2) is 4.69. The Morgan fingerprint density at radius 2 is 2.12 bits per heavy atom. The van der Waals surface area contributed by atoms with Crippen LogP contribution < -0.4 is 11.5 Å². The van der Waals surface area contributed by atoms with Gasteiger partial charge in [-0.2, -0.15) is 5.10 Å². The predicted octanol–water partition coefficient (Wildman–Crippen LogP) is 0.807. The van der Waals surface area contributed by atoms with Gasteiger partial charge in [0.05, 0.1) is 11.8 Å². The largest absolute Gasteiger partial charge is 0.399 e. The summed E-state index contributed by atoms with van der Waals surface area (Å²) in [6, 6.07) is 7.70. The number of nitrogen functional groups attached to an aromatic ring is 1. The number of benzene rings is 1. The van der Waals surface area contributed by atoms with Crippen molar-refractivity contribution in [2.24, 2.45) is 5.73 Å². The van der Waals surface area contributed by atoms with Gasteiger partial charge in [-0.15, -0.1) is 0 Å². The van der Waals surface area contributed by atoms with Crippen molar-refractivity contribution in [1.29, 1.82) is 0 Å². The van der Waals surface area contributed by atoms with Crippen LogP contribution in [0.15, 0.2) is 36.7 Å². The first-order valence-electron chi connectivity index (χ1n) is 5.32. The summed E-state index contributed by atoms with van der Waals surface area (Å²) in [6.07, 6.45) is 3.88. The van der Waals surface area contributed by atoms with E-state index in [2.05, 4.69) is 5.10 Å². The summed E-state index contributed by atoms with van der Waals surface area (Å²) in [5.41, 5.74) is 13.2. The van der Waals surface area contributed by atoms with E-state index < -0.39 is 5.91 Å². The van der Waals surface area contributed by atoms with Crippen molar-refractivity contribution in [1.82, 2.24) is 9.78 Å². The number of primary amides is 1. The van der Waals surface area contributed by atoms with Gasteiger partial charge >= 0.3 is 0 Å². The summed E-state index contributed by atoms with van der Waals surface area (Å²) in [6.45, 7) is 0.668. The van der Waals surface area contributed by atoms with Gasteiger partial charge in [0.15, 0.2) is 0 Å². The second-order valence-corrected chi connectivity index (χ2v) is 3.81. The predicted molar refractivity (Wildman–Crippen MR) is 65.3 cm³/mol. The Balaban J connectivity index is 2.02. The van der Waals surface area contributed by atoms with Gasteiger partial charge in [-0.05, 0) is 18.1 Å². The van der Waals surface area contributed by atoms with Gasteiger partial charge < -0.3 is 11.5 Å². The van der Waals surface area contributed by atoms with E-state index in [1.165, 1.54) is 6.20 Å². The van der Waals surface area contributed by atoms with E-state index >= 15 is 0 Å². The number of carbonyl (C=O) groups is 1. The van der Waals surface area contributed by atoms with E-state index in [-0.39, 0.29) is 0 Å². The molecule has 1 heterocycles. The smallest absolute Gasteiger partial charge is 0.251 e. The molecule has 5 heteroatoms. The summed E-state index contributed by atoms with van der Waals surface area (Å²) in [5.74, 6) is -0.463. The molecule has 17 heavy (non-hydrogen) atoms. The van der Waals surface area contributed by atoms with Crippen LogP contribution in [0.1, 0.15) is 15.9 Å². The van der Waals surface area contributed by atoms with Gasteiger partial charge in [-0.3, -0.25) is 9.48 Å². The molecule has 88 valence electrons. The summed E-state index contributed by atoms with van der Waals surface area (Å²) < 4.78 is 1.69. The Kier molecular flexibility index (Phi) is 3.09. The first kappa shape index (κ1) is 11.2. The fourth-order valence-electron chi connectivity index (χ4n) is 1.61. The topological polar surface area (TPSA) is 86.9 Å². The number of anilines is 1. The lowest BCUT2D eigenvalue weighted by molar-refractivity contribution is 0.1000. The number of rotatable bonds is 4. The molecule has 5 nitrogen and oxygen atoms in total. The molecule has 0 aliphatic carbocycles. The molecule has 0 fully saturated rings. The van der Waals surface area contributed by atoms with Gasteiger partial charge in [0.2, 0.25) is 0 Å². The molecule has 0 unspecified atom stereocenters. The Bertz CT molecular complexity index is 533. The molecule has 0 atom stereocenters. The maximum atomic E-state index is 10.9. The fourth-order valence-corrected chi connectivity index (χ4v) is 1.61. The zero-order valence-corrected chi connectivity index (χ0v) is 9.34. The first-order chi connectivity index (χ1) is 8.16. The minimum absolute atomic E-state index is 0.422. The van der Waals surface area contributed by atoms with E-state index in [4.69, 9.17) is 11.5 Å². The van der Waals surface area contributed by atoms with Gasteiger partial charge in [-0.1, -0.05) is 18.2 Å². The number of hydrogen-bond donors (Lipinski definition) is 2. The molecule has 0 radical (unpaired) electrons. The number of hydrogen-bond acceptors (Lipinski definition) is 3. The molecular weight excluding hydrogens is 216 g/mol. The summed E-state index contributed by atoms with van der Waals surface area (Å²) >= 11 is 0. The highest BCUT2D eigenvalue weighted by atomic mass is 16.1. The van der Waals surface area contributed by atoms with Crippen molar-refractivity contribution < 1.29 is 4.79 Å². The molecule has 0 spiro atoms. The second-order valence-electron chi connectivity index (χ2n) is 3.81. The molecule has 1 aromatic heterocycles. The summed E-state index contributed by atoms with van der Waals surface area (Å²) in [5, 5.41) is 4.06. The van der Waals surface area contributed by atoms with Crippen LogP contribution >= 0.6 is 0 Å². The molecular formula is C12H14N4O. The van der Waals surface area contributed by atoms with Gasteiger partial charge in [0, 0.05) is 18.4 Å². The van der Waals surface area contributed by atoms with Crippen molar-refractivity contribution in [2.45, 2.75) is 13.0 Å². The molecule has 2 aromatic rings. The van der Waals surface area contributed by atoms with Crippen molar-refractivity contribution >= 4 is 11.6 Å². The lowest BCUT2D eigenvalue weighted by Gasteiger charge is -2.05. The van der Waals surface area contributed by atoms with Crippen LogP contribution in [-0.2, 0) is 13.0 Å². The number of para-hydroxylation sites is 1. The lowest BCUT2D eigenvalue weighted by Crippen LogP contribution is -2.10. The Morgan fingerprint density at radius 1 is 1.35 bits per heavy atom. The third-order valence-corrected chi connectivity index (χ3v) is 2.58. The average molecular weight is 230 g/mol. The van der Waals surface area contributed by atoms with E-state index in [1.54, 1.807) is 10.9 Å². The van der Waals surface area contributed by atoms with E-state index in [0.717, 1.165) is 17.7 Å². The molecule has 0 saturated carbocycles. The SMILES string of the molecule is NC(=O)c1cnn(CCc2ccccc2N)c1. The van der Waals surface area contributed by atoms with E-state index in [0.29, 0.717) is 12.1 Å². The lowest BCUT2D eigenvalue weighted by atomic mass is 10.1. The maximum absolute atomic E-state index is 10.9. The number of carbonyl (C=O) groups excluding carboxylic acids is 1. The summed E-state index contributed by atoms with van der Waals surface area (Å²) in [7, 11) is 0. The summed E-state index contributed by atoms with van der Waals surface area (Å²) in [4.78, 5) is 10.9. The Hall–Kier alpha value is -2.30. The Morgan fingerprint density at radius 3 is 2.76 bits per heavy atom. The van der Waals surface area contributed by atoms with Crippen molar-refractivity contribution in [3.05, 3.63) is 47.8 Å². The van der Waals surface area contributed by atoms with E-state index in [1.807, 2.05) is 24.3 Å².